The van der Waals surface area contributed by atoms with Gasteiger partial charge in [-0.05, 0) is 12.4 Å². The molecule has 1 aromatic rings. The van der Waals surface area contributed by atoms with Crippen molar-refractivity contribution < 1.29 is 34.9 Å². The lowest BCUT2D eigenvalue weighted by Gasteiger charge is -2.17. The van der Waals surface area contributed by atoms with Gasteiger partial charge in [-0.15, -0.1) is 0 Å². The second kappa shape index (κ2) is 6.90. The molecular weight excluding hydrogens is 279 g/mol. The Morgan fingerprint density at radius 3 is 1.71 bits per heavy atom. The maximum absolute atomic E-state index is 11.6. The van der Waals surface area contributed by atoms with Gasteiger partial charge in [0, 0.05) is 22.2 Å². The standard InChI is InChI=1S/C10H14B3NO7/c1-5(2)10(15)14-9-7(12(18)19)3-6(11(16)17)4-8(9)13(20)21/h3-4,16-21H,1H2,2H3,(H,14,15). The van der Waals surface area contributed by atoms with Crippen molar-refractivity contribution in [3.05, 3.63) is 24.3 Å². The van der Waals surface area contributed by atoms with Gasteiger partial charge in [0.05, 0.1) is 0 Å². The zero-order valence-corrected chi connectivity index (χ0v) is 11.2. The predicted molar refractivity (Wildman–Crippen MR) is 79.4 cm³/mol. The molecule has 0 fully saturated rings. The van der Waals surface area contributed by atoms with E-state index in [1.165, 1.54) is 6.92 Å². The van der Waals surface area contributed by atoms with Gasteiger partial charge in [-0.2, -0.15) is 0 Å². The maximum Gasteiger partial charge on any atom is 0.490 e. The van der Waals surface area contributed by atoms with Crippen LogP contribution < -0.4 is 21.7 Å². The lowest BCUT2D eigenvalue weighted by Crippen LogP contribution is -2.48. The van der Waals surface area contributed by atoms with Crippen LogP contribution in [0.15, 0.2) is 24.3 Å². The van der Waals surface area contributed by atoms with E-state index in [1.807, 2.05) is 0 Å². The van der Waals surface area contributed by atoms with Gasteiger partial charge in [-0.3, -0.25) is 4.79 Å². The molecule has 11 heteroatoms. The molecule has 0 spiro atoms. The van der Waals surface area contributed by atoms with Crippen LogP contribution in [0.1, 0.15) is 6.92 Å². The molecule has 7 N–H and O–H groups in total. The van der Waals surface area contributed by atoms with Gasteiger partial charge in [0.1, 0.15) is 0 Å². The first kappa shape index (κ1) is 17.4. The monoisotopic (exact) mass is 293 g/mol. The van der Waals surface area contributed by atoms with Gasteiger partial charge in [-0.1, -0.05) is 18.7 Å². The molecule has 0 saturated heterocycles. The molecule has 110 valence electrons. The van der Waals surface area contributed by atoms with Gasteiger partial charge in [-0.25, -0.2) is 0 Å². The first-order valence-electron chi connectivity index (χ1n) is 5.88. The Labute approximate surface area is 121 Å². The molecule has 1 amide bonds. The van der Waals surface area contributed by atoms with Crippen molar-refractivity contribution in [2.75, 3.05) is 5.32 Å². The van der Waals surface area contributed by atoms with Crippen molar-refractivity contribution in [1.29, 1.82) is 0 Å². The normalized spacial score (nSPS) is 10.0. The van der Waals surface area contributed by atoms with Crippen LogP contribution in [-0.4, -0.2) is 57.4 Å². The Kier molecular flexibility index (Phi) is 5.73. The molecule has 0 aliphatic rings. The summed E-state index contributed by atoms with van der Waals surface area (Å²) in [5.41, 5.74) is -0.985. The minimum Gasteiger partial charge on any atom is -0.423 e. The molecule has 0 radical (unpaired) electrons. The average Bonchev–Trinajstić information content (AvgIpc) is 2.37. The molecule has 1 rings (SSSR count). The molecular formula is C10H14B3NO7. The van der Waals surface area contributed by atoms with Crippen molar-refractivity contribution in [2.45, 2.75) is 6.92 Å². The number of hydrogen-bond acceptors (Lipinski definition) is 7. The summed E-state index contributed by atoms with van der Waals surface area (Å²) in [7, 11) is -6.13. The van der Waals surface area contributed by atoms with E-state index < -0.39 is 27.3 Å². The molecule has 1 aromatic carbocycles. The van der Waals surface area contributed by atoms with Crippen LogP contribution in [0.3, 0.4) is 0 Å². The number of rotatable bonds is 5. The topological polar surface area (TPSA) is 150 Å². The van der Waals surface area contributed by atoms with E-state index in [4.69, 9.17) is 10.0 Å². The first-order valence-corrected chi connectivity index (χ1v) is 5.88. The van der Waals surface area contributed by atoms with E-state index in [1.54, 1.807) is 0 Å². The smallest absolute Gasteiger partial charge is 0.423 e. The molecule has 0 atom stereocenters. The van der Waals surface area contributed by atoms with E-state index in [-0.39, 0.29) is 27.6 Å². The highest BCUT2D eigenvalue weighted by molar-refractivity contribution is 6.69. The number of amides is 1. The third kappa shape index (κ3) is 4.17. The van der Waals surface area contributed by atoms with E-state index in [2.05, 4.69) is 11.9 Å². The SMILES string of the molecule is C=C(C)C(=O)Nc1c(B(O)O)cc(B(O)O)cc1B(O)O. The Morgan fingerprint density at radius 2 is 1.43 bits per heavy atom. The highest BCUT2D eigenvalue weighted by atomic mass is 16.4. The van der Waals surface area contributed by atoms with Crippen molar-refractivity contribution >= 4 is 49.3 Å². The van der Waals surface area contributed by atoms with Crippen molar-refractivity contribution in [3.8, 4) is 0 Å². The molecule has 0 aliphatic carbocycles. The van der Waals surface area contributed by atoms with E-state index in [0.29, 0.717) is 0 Å². The predicted octanol–water partition coefficient (Wildman–Crippen LogP) is -4.76. The fourth-order valence-corrected chi connectivity index (χ4v) is 1.63. The molecule has 0 bridgehead atoms. The Balaban J connectivity index is 3.49. The average molecular weight is 293 g/mol. The molecule has 0 aliphatic heterocycles. The molecule has 0 heterocycles. The van der Waals surface area contributed by atoms with E-state index in [0.717, 1.165) is 12.1 Å². The Hall–Kier alpha value is -1.62. The summed E-state index contributed by atoms with van der Waals surface area (Å²) in [4.78, 5) is 11.6. The zero-order valence-electron chi connectivity index (χ0n) is 11.2. The first-order chi connectivity index (χ1) is 9.65. The van der Waals surface area contributed by atoms with Crippen LogP contribution in [0.5, 0.6) is 0 Å². The number of anilines is 1. The summed E-state index contributed by atoms with van der Waals surface area (Å²) >= 11 is 0. The minimum absolute atomic E-state index is 0.109. The third-order valence-electron chi connectivity index (χ3n) is 2.70. The summed E-state index contributed by atoms with van der Waals surface area (Å²) in [6.07, 6.45) is 0. The fraction of sp³-hybridized carbons (Fsp3) is 0.100. The highest BCUT2D eigenvalue weighted by Gasteiger charge is 2.28. The number of benzene rings is 1. The summed E-state index contributed by atoms with van der Waals surface area (Å²) in [6, 6.07) is 2.02. The summed E-state index contributed by atoms with van der Waals surface area (Å²) in [5, 5.41) is 57.8. The van der Waals surface area contributed by atoms with Gasteiger partial charge < -0.3 is 35.5 Å². The number of nitrogens with one attached hydrogen (secondary N) is 1. The second-order valence-electron chi connectivity index (χ2n) is 4.43. The molecule has 8 nitrogen and oxygen atoms in total. The van der Waals surface area contributed by atoms with Gasteiger partial charge in [0.25, 0.3) is 5.91 Å². The van der Waals surface area contributed by atoms with Crippen molar-refractivity contribution in [1.82, 2.24) is 0 Å². The summed E-state index contributed by atoms with van der Waals surface area (Å²) in [6.45, 7) is 4.81. The maximum atomic E-state index is 11.6. The van der Waals surface area contributed by atoms with Crippen LogP contribution >= 0.6 is 0 Å². The number of carbonyl (C=O) groups is 1. The molecule has 21 heavy (non-hydrogen) atoms. The third-order valence-corrected chi connectivity index (χ3v) is 2.70. The van der Waals surface area contributed by atoms with Gasteiger partial charge in [0.15, 0.2) is 0 Å². The van der Waals surface area contributed by atoms with Crippen LogP contribution in [0.25, 0.3) is 0 Å². The van der Waals surface area contributed by atoms with Crippen LogP contribution in [0.4, 0.5) is 5.69 Å². The Bertz CT molecular complexity index is 533. The van der Waals surface area contributed by atoms with Crippen LogP contribution in [-0.2, 0) is 4.79 Å². The molecule has 0 unspecified atom stereocenters. The highest BCUT2D eigenvalue weighted by Crippen LogP contribution is 2.04. The van der Waals surface area contributed by atoms with Gasteiger partial charge >= 0.3 is 21.4 Å². The number of carbonyl (C=O) groups excluding carboxylic acids is 1. The summed E-state index contributed by atoms with van der Waals surface area (Å²) in [5.74, 6) is -0.670. The lowest BCUT2D eigenvalue weighted by molar-refractivity contribution is -0.112. The summed E-state index contributed by atoms with van der Waals surface area (Å²) < 4.78 is 0. The fourth-order valence-electron chi connectivity index (χ4n) is 1.63. The van der Waals surface area contributed by atoms with Crippen molar-refractivity contribution in [3.63, 3.8) is 0 Å². The molecule has 0 saturated carbocycles. The van der Waals surface area contributed by atoms with Crippen LogP contribution in [0.2, 0.25) is 0 Å². The molecule has 0 aromatic heterocycles. The minimum atomic E-state index is -2.08. The quantitative estimate of drug-likeness (QED) is 0.213. The van der Waals surface area contributed by atoms with Crippen LogP contribution in [0, 0.1) is 0 Å². The lowest BCUT2D eigenvalue weighted by atomic mass is 9.65. The second-order valence-corrected chi connectivity index (χ2v) is 4.43. The largest absolute Gasteiger partial charge is 0.490 e. The Morgan fingerprint density at radius 1 is 1.00 bits per heavy atom. The van der Waals surface area contributed by atoms with E-state index >= 15 is 0 Å². The van der Waals surface area contributed by atoms with E-state index in [9.17, 15) is 24.9 Å². The number of hydrogen-bond donors (Lipinski definition) is 7. The van der Waals surface area contributed by atoms with Crippen molar-refractivity contribution in [2.24, 2.45) is 0 Å². The zero-order chi connectivity index (χ0) is 16.3. The van der Waals surface area contributed by atoms with Gasteiger partial charge in [0.2, 0.25) is 0 Å².